The highest BCUT2D eigenvalue weighted by atomic mass is 79.9. The summed E-state index contributed by atoms with van der Waals surface area (Å²) in [7, 11) is 0. The van der Waals surface area contributed by atoms with Gasteiger partial charge in [-0.05, 0) is 48.8 Å². The van der Waals surface area contributed by atoms with Crippen LogP contribution in [0.15, 0.2) is 16.6 Å². The molecule has 19 heavy (non-hydrogen) atoms. The van der Waals surface area contributed by atoms with Crippen molar-refractivity contribution in [1.29, 1.82) is 5.26 Å². The van der Waals surface area contributed by atoms with Crippen molar-refractivity contribution in [2.75, 3.05) is 11.4 Å². The fourth-order valence-corrected chi connectivity index (χ4v) is 2.08. The van der Waals surface area contributed by atoms with Gasteiger partial charge in [0.15, 0.2) is 5.82 Å². The van der Waals surface area contributed by atoms with E-state index in [0.717, 1.165) is 0 Å². The number of nitriles is 1. The summed E-state index contributed by atoms with van der Waals surface area (Å²) in [6.07, 6.45) is 0. The van der Waals surface area contributed by atoms with Crippen LogP contribution < -0.4 is 4.90 Å². The summed E-state index contributed by atoms with van der Waals surface area (Å²) < 4.78 is 14.3. The lowest BCUT2D eigenvalue weighted by Crippen LogP contribution is -2.45. The highest BCUT2D eigenvalue weighted by Gasteiger charge is 2.27. The van der Waals surface area contributed by atoms with Crippen LogP contribution in [-0.2, 0) is 4.79 Å². The van der Waals surface area contributed by atoms with E-state index in [4.69, 9.17) is 10.4 Å². The van der Waals surface area contributed by atoms with E-state index in [-0.39, 0.29) is 22.3 Å². The van der Waals surface area contributed by atoms with Gasteiger partial charge in [0.2, 0.25) is 0 Å². The number of carboxylic acid groups (broad SMARTS) is 1. The molecule has 0 bridgehead atoms. The van der Waals surface area contributed by atoms with Crippen molar-refractivity contribution in [1.82, 2.24) is 0 Å². The summed E-state index contributed by atoms with van der Waals surface area (Å²) in [4.78, 5) is 12.4. The molecule has 4 nitrogen and oxygen atoms in total. The van der Waals surface area contributed by atoms with Crippen LogP contribution >= 0.6 is 15.9 Å². The normalized spacial score (nSPS) is 10.9. The van der Waals surface area contributed by atoms with Gasteiger partial charge in [-0.15, -0.1) is 0 Å². The first kappa shape index (κ1) is 15.4. The molecule has 0 aromatic heterocycles. The van der Waals surface area contributed by atoms with Gasteiger partial charge in [-0.1, -0.05) is 0 Å². The number of benzene rings is 1. The SMILES string of the molecule is CC(C)(C)N(CC(=O)O)c1ccc(C#N)c(Br)c1F. The predicted octanol–water partition coefficient (Wildman–Crippen LogP) is 3.15. The number of hydrogen-bond donors (Lipinski definition) is 1. The number of carboxylic acids is 1. The van der Waals surface area contributed by atoms with Crippen LogP contribution in [0.1, 0.15) is 26.3 Å². The standard InChI is InChI=1S/C13H14BrFN2O2/c1-13(2,3)17(7-10(18)19)9-5-4-8(6-16)11(14)12(9)15/h4-5H,7H2,1-3H3,(H,18,19). The zero-order valence-corrected chi connectivity index (χ0v) is 12.5. The zero-order chi connectivity index (χ0) is 14.8. The van der Waals surface area contributed by atoms with Crippen LogP contribution in [0, 0.1) is 17.1 Å². The number of hydrogen-bond acceptors (Lipinski definition) is 3. The average Bonchev–Trinajstić information content (AvgIpc) is 2.28. The van der Waals surface area contributed by atoms with E-state index in [9.17, 15) is 9.18 Å². The maximum absolute atomic E-state index is 14.2. The third-order valence-corrected chi connectivity index (χ3v) is 3.35. The smallest absolute Gasteiger partial charge is 0.323 e. The van der Waals surface area contributed by atoms with E-state index in [1.165, 1.54) is 17.0 Å². The summed E-state index contributed by atoms with van der Waals surface area (Å²) in [5.41, 5.74) is -0.237. The van der Waals surface area contributed by atoms with Crippen molar-refractivity contribution < 1.29 is 14.3 Å². The van der Waals surface area contributed by atoms with E-state index in [1.807, 2.05) is 6.07 Å². The van der Waals surface area contributed by atoms with E-state index >= 15 is 0 Å². The van der Waals surface area contributed by atoms with Gasteiger partial charge >= 0.3 is 5.97 Å². The van der Waals surface area contributed by atoms with Crippen molar-refractivity contribution in [2.45, 2.75) is 26.3 Å². The van der Waals surface area contributed by atoms with Crippen molar-refractivity contribution >= 4 is 27.6 Å². The summed E-state index contributed by atoms with van der Waals surface area (Å²) in [6.45, 7) is 5.06. The topological polar surface area (TPSA) is 64.3 Å². The van der Waals surface area contributed by atoms with Crippen molar-refractivity contribution in [3.63, 3.8) is 0 Å². The zero-order valence-electron chi connectivity index (χ0n) is 10.9. The molecule has 0 atom stereocenters. The summed E-state index contributed by atoms with van der Waals surface area (Å²) in [5, 5.41) is 17.8. The van der Waals surface area contributed by atoms with E-state index in [0.29, 0.717) is 0 Å². The molecule has 6 heteroatoms. The second-order valence-electron chi connectivity index (χ2n) is 5.02. The molecule has 0 radical (unpaired) electrons. The Kier molecular flexibility index (Phi) is 4.53. The Bertz CT molecular complexity index is 547. The number of rotatable bonds is 3. The van der Waals surface area contributed by atoms with Crippen molar-refractivity contribution in [2.24, 2.45) is 0 Å². The number of halogens is 2. The Balaban J connectivity index is 3.36. The predicted molar refractivity (Wildman–Crippen MR) is 73.5 cm³/mol. The van der Waals surface area contributed by atoms with E-state index in [2.05, 4.69) is 15.9 Å². The minimum atomic E-state index is -1.05. The second-order valence-corrected chi connectivity index (χ2v) is 5.82. The van der Waals surface area contributed by atoms with Gasteiger partial charge in [-0.2, -0.15) is 5.26 Å². The van der Waals surface area contributed by atoms with Gasteiger partial charge < -0.3 is 10.0 Å². The first-order valence-corrected chi connectivity index (χ1v) is 6.35. The highest BCUT2D eigenvalue weighted by molar-refractivity contribution is 9.10. The molecule has 1 aromatic rings. The fourth-order valence-electron chi connectivity index (χ4n) is 1.65. The maximum Gasteiger partial charge on any atom is 0.323 e. The molecule has 1 rings (SSSR count). The lowest BCUT2D eigenvalue weighted by molar-refractivity contribution is -0.135. The monoisotopic (exact) mass is 328 g/mol. The number of nitrogens with zero attached hydrogens (tertiary/aromatic N) is 2. The molecule has 0 aliphatic rings. The van der Waals surface area contributed by atoms with Crippen molar-refractivity contribution in [3.8, 4) is 6.07 Å². The van der Waals surface area contributed by atoms with Gasteiger partial charge in [0.1, 0.15) is 12.6 Å². The molecular weight excluding hydrogens is 315 g/mol. The van der Waals surface area contributed by atoms with Crippen LogP contribution in [0.3, 0.4) is 0 Å². The molecule has 0 aliphatic heterocycles. The van der Waals surface area contributed by atoms with Gasteiger partial charge in [0, 0.05) is 5.54 Å². The molecule has 102 valence electrons. The first-order valence-electron chi connectivity index (χ1n) is 5.56. The summed E-state index contributed by atoms with van der Waals surface area (Å²) in [5.74, 6) is -1.68. The minimum absolute atomic E-state index is 0.0483. The maximum atomic E-state index is 14.2. The number of aliphatic carboxylic acids is 1. The Morgan fingerprint density at radius 1 is 1.53 bits per heavy atom. The Labute approximate surface area is 119 Å². The Morgan fingerprint density at radius 3 is 2.53 bits per heavy atom. The Morgan fingerprint density at radius 2 is 2.11 bits per heavy atom. The van der Waals surface area contributed by atoms with Crippen LogP contribution in [-0.4, -0.2) is 23.2 Å². The third kappa shape index (κ3) is 3.44. The minimum Gasteiger partial charge on any atom is -0.480 e. The lowest BCUT2D eigenvalue weighted by atomic mass is 10.0. The lowest BCUT2D eigenvalue weighted by Gasteiger charge is -2.36. The van der Waals surface area contributed by atoms with E-state index in [1.54, 1.807) is 20.8 Å². The third-order valence-electron chi connectivity index (χ3n) is 2.58. The van der Waals surface area contributed by atoms with E-state index < -0.39 is 17.3 Å². The average molecular weight is 329 g/mol. The molecule has 0 fully saturated rings. The Hall–Kier alpha value is -1.61. The molecule has 0 amide bonds. The van der Waals surface area contributed by atoms with Crippen LogP contribution in [0.4, 0.5) is 10.1 Å². The van der Waals surface area contributed by atoms with Gasteiger partial charge in [-0.3, -0.25) is 4.79 Å². The van der Waals surface area contributed by atoms with Crippen molar-refractivity contribution in [3.05, 3.63) is 28.0 Å². The first-order chi connectivity index (χ1) is 8.68. The molecule has 0 heterocycles. The summed E-state index contributed by atoms with van der Waals surface area (Å²) in [6, 6.07) is 4.74. The summed E-state index contributed by atoms with van der Waals surface area (Å²) >= 11 is 3.02. The molecule has 1 N–H and O–H groups in total. The molecule has 0 saturated heterocycles. The molecule has 0 unspecified atom stereocenters. The number of carbonyl (C=O) groups is 1. The molecule has 1 aromatic carbocycles. The molecule has 0 saturated carbocycles. The van der Waals surface area contributed by atoms with Crippen LogP contribution in [0.2, 0.25) is 0 Å². The molecule has 0 aliphatic carbocycles. The van der Waals surface area contributed by atoms with Crippen LogP contribution in [0.25, 0.3) is 0 Å². The second kappa shape index (κ2) is 5.57. The van der Waals surface area contributed by atoms with Gasteiger partial charge in [0.05, 0.1) is 15.7 Å². The quantitative estimate of drug-likeness (QED) is 0.925. The fraction of sp³-hybridized carbons (Fsp3) is 0.385. The van der Waals surface area contributed by atoms with Gasteiger partial charge in [0.25, 0.3) is 0 Å². The molecular formula is C13H14BrFN2O2. The number of anilines is 1. The van der Waals surface area contributed by atoms with Gasteiger partial charge in [-0.25, -0.2) is 4.39 Å². The largest absolute Gasteiger partial charge is 0.480 e. The van der Waals surface area contributed by atoms with Crippen LogP contribution in [0.5, 0.6) is 0 Å². The highest BCUT2D eigenvalue weighted by Crippen LogP contribution is 2.32. The molecule has 0 spiro atoms.